The first-order valence-corrected chi connectivity index (χ1v) is 5.88. The number of rotatable bonds is 2. The van der Waals surface area contributed by atoms with Crippen LogP contribution in [0.1, 0.15) is 5.82 Å². The number of hydrogen-bond donors (Lipinski definition) is 2. The van der Waals surface area contributed by atoms with Crippen LogP contribution in [0, 0.1) is 0 Å². The van der Waals surface area contributed by atoms with Crippen LogP contribution in [0.15, 0.2) is 28.4 Å². The van der Waals surface area contributed by atoms with Crippen molar-refractivity contribution >= 4 is 17.1 Å². The van der Waals surface area contributed by atoms with Crippen molar-refractivity contribution in [3.63, 3.8) is 0 Å². The van der Waals surface area contributed by atoms with E-state index in [1.807, 2.05) is 17.5 Å². The van der Waals surface area contributed by atoms with Gasteiger partial charge in [0.15, 0.2) is 5.82 Å². The van der Waals surface area contributed by atoms with E-state index in [0.717, 1.165) is 4.88 Å². The minimum Gasteiger partial charge on any atom is -0.324 e. The van der Waals surface area contributed by atoms with Crippen LogP contribution in [0.25, 0.3) is 16.3 Å². The fourth-order valence-corrected chi connectivity index (χ4v) is 2.34. The molecule has 0 radical (unpaired) electrons. The van der Waals surface area contributed by atoms with Crippen molar-refractivity contribution in [1.29, 1.82) is 0 Å². The van der Waals surface area contributed by atoms with Gasteiger partial charge >= 0.3 is 0 Å². The van der Waals surface area contributed by atoms with E-state index in [1.54, 1.807) is 0 Å². The molecule has 3 aromatic heterocycles. The third-order valence-electron chi connectivity index (χ3n) is 2.42. The van der Waals surface area contributed by atoms with E-state index >= 15 is 0 Å². The highest BCUT2D eigenvalue weighted by atomic mass is 32.1. The zero-order valence-electron chi connectivity index (χ0n) is 8.75. The van der Waals surface area contributed by atoms with Gasteiger partial charge in [0.1, 0.15) is 0 Å². The van der Waals surface area contributed by atoms with Crippen LogP contribution in [0.2, 0.25) is 0 Å². The highest BCUT2D eigenvalue weighted by molar-refractivity contribution is 7.13. The quantitative estimate of drug-likeness (QED) is 0.694. The Bertz CT molecular complexity index is 712. The Morgan fingerprint density at radius 2 is 2.41 bits per heavy atom. The Labute approximate surface area is 99.7 Å². The predicted octanol–water partition coefficient (Wildman–Crippen LogP) is 0.605. The van der Waals surface area contributed by atoms with Crippen LogP contribution < -0.4 is 11.3 Å². The standard InChI is InChI=1S/C10H9N5OS/c11-5-8-13-14-10-12-6(4-9(16)15(8)10)7-2-1-3-17-7/h1-4H,5,11H2,(H,12,14). The second kappa shape index (κ2) is 3.79. The molecule has 17 heavy (non-hydrogen) atoms. The van der Waals surface area contributed by atoms with Gasteiger partial charge in [-0.15, -0.1) is 11.3 Å². The molecule has 0 fully saturated rings. The molecule has 0 aromatic carbocycles. The summed E-state index contributed by atoms with van der Waals surface area (Å²) in [5.41, 5.74) is 5.97. The van der Waals surface area contributed by atoms with E-state index in [-0.39, 0.29) is 12.1 Å². The van der Waals surface area contributed by atoms with Gasteiger partial charge in [-0.3, -0.25) is 4.79 Å². The number of aromatic nitrogens is 4. The van der Waals surface area contributed by atoms with E-state index in [1.165, 1.54) is 21.8 Å². The average molecular weight is 247 g/mol. The Kier molecular flexibility index (Phi) is 2.27. The minimum absolute atomic E-state index is 0.174. The minimum atomic E-state index is -0.174. The van der Waals surface area contributed by atoms with E-state index in [9.17, 15) is 4.79 Å². The average Bonchev–Trinajstić information content (AvgIpc) is 2.97. The normalized spacial score (nSPS) is 11.1. The van der Waals surface area contributed by atoms with Crippen molar-refractivity contribution < 1.29 is 0 Å². The third kappa shape index (κ3) is 1.56. The number of thiophene rings is 1. The van der Waals surface area contributed by atoms with Gasteiger partial charge in [-0.05, 0) is 11.4 Å². The predicted molar refractivity (Wildman–Crippen MR) is 64.8 cm³/mol. The van der Waals surface area contributed by atoms with E-state index in [4.69, 9.17) is 5.73 Å². The van der Waals surface area contributed by atoms with Gasteiger partial charge in [-0.2, -0.15) is 5.10 Å². The molecular formula is C10H9N5OS. The van der Waals surface area contributed by atoms with Crippen LogP contribution in [0.3, 0.4) is 0 Å². The lowest BCUT2D eigenvalue weighted by molar-refractivity contribution is 0.867. The molecule has 0 unspecified atom stereocenters. The maximum absolute atomic E-state index is 11.9. The van der Waals surface area contributed by atoms with Gasteiger partial charge in [0.25, 0.3) is 5.56 Å². The molecule has 0 aliphatic rings. The number of aromatic amines is 1. The monoisotopic (exact) mass is 247 g/mol. The molecule has 3 aromatic rings. The number of H-pyrrole nitrogens is 1. The van der Waals surface area contributed by atoms with Gasteiger partial charge in [0.2, 0.25) is 5.78 Å². The molecule has 3 rings (SSSR count). The maximum Gasteiger partial charge on any atom is 0.261 e. The maximum atomic E-state index is 11.9. The van der Waals surface area contributed by atoms with E-state index in [0.29, 0.717) is 17.3 Å². The topological polar surface area (TPSA) is 89.1 Å². The molecular weight excluding hydrogens is 238 g/mol. The zero-order chi connectivity index (χ0) is 11.8. The first kappa shape index (κ1) is 10.2. The number of hydrogen-bond acceptors (Lipinski definition) is 5. The molecule has 6 nitrogen and oxygen atoms in total. The highest BCUT2D eigenvalue weighted by Gasteiger charge is 2.10. The molecule has 0 saturated carbocycles. The summed E-state index contributed by atoms with van der Waals surface area (Å²) in [6.07, 6.45) is 0. The molecule has 7 heteroatoms. The van der Waals surface area contributed by atoms with Crippen LogP contribution in [-0.4, -0.2) is 19.6 Å². The van der Waals surface area contributed by atoms with E-state index in [2.05, 4.69) is 15.2 Å². The molecule has 3 N–H and O–H groups in total. The Balaban J connectivity index is 2.29. The summed E-state index contributed by atoms with van der Waals surface area (Å²) in [5, 5.41) is 8.60. The number of fused-ring (bicyclic) bond motifs is 1. The number of nitrogens with one attached hydrogen (secondary N) is 1. The molecule has 0 aliphatic heterocycles. The summed E-state index contributed by atoms with van der Waals surface area (Å²) >= 11 is 1.54. The van der Waals surface area contributed by atoms with Crippen LogP contribution in [0.4, 0.5) is 0 Å². The lowest BCUT2D eigenvalue weighted by atomic mass is 10.3. The summed E-state index contributed by atoms with van der Waals surface area (Å²) in [6.45, 7) is 0.194. The number of nitrogens with two attached hydrogens (primary N) is 1. The summed E-state index contributed by atoms with van der Waals surface area (Å²) in [5.74, 6) is 0.900. The summed E-state index contributed by atoms with van der Waals surface area (Å²) < 4.78 is 1.39. The van der Waals surface area contributed by atoms with Crippen molar-refractivity contribution in [2.24, 2.45) is 5.73 Å². The molecule has 0 bridgehead atoms. The molecule has 0 amide bonds. The van der Waals surface area contributed by atoms with Crippen LogP contribution in [-0.2, 0) is 6.54 Å². The van der Waals surface area contributed by atoms with Crippen molar-refractivity contribution in [1.82, 2.24) is 19.6 Å². The van der Waals surface area contributed by atoms with Gasteiger partial charge in [-0.25, -0.2) is 14.5 Å². The van der Waals surface area contributed by atoms with Gasteiger partial charge in [0.05, 0.1) is 17.1 Å². The van der Waals surface area contributed by atoms with Gasteiger partial charge in [-0.1, -0.05) is 6.07 Å². The molecule has 0 aliphatic carbocycles. The van der Waals surface area contributed by atoms with Crippen molar-refractivity contribution in [3.8, 4) is 10.6 Å². The van der Waals surface area contributed by atoms with Crippen molar-refractivity contribution in [2.75, 3.05) is 0 Å². The highest BCUT2D eigenvalue weighted by Crippen LogP contribution is 2.21. The first-order valence-electron chi connectivity index (χ1n) is 5.00. The SMILES string of the molecule is NCc1n[nH]c2nc(-c3cccs3)cc(=O)n12. The Morgan fingerprint density at radius 3 is 3.12 bits per heavy atom. The lowest BCUT2D eigenvalue weighted by Crippen LogP contribution is -2.17. The second-order valence-corrected chi connectivity index (χ2v) is 4.41. The van der Waals surface area contributed by atoms with Gasteiger partial charge in [0, 0.05) is 6.07 Å². The largest absolute Gasteiger partial charge is 0.324 e. The third-order valence-corrected chi connectivity index (χ3v) is 3.31. The smallest absolute Gasteiger partial charge is 0.261 e. The summed E-state index contributed by atoms with van der Waals surface area (Å²) in [7, 11) is 0. The van der Waals surface area contributed by atoms with Crippen LogP contribution >= 0.6 is 11.3 Å². The summed E-state index contributed by atoms with van der Waals surface area (Å²) in [4.78, 5) is 17.2. The second-order valence-electron chi connectivity index (χ2n) is 3.46. The molecule has 86 valence electrons. The van der Waals surface area contributed by atoms with Crippen LogP contribution in [0.5, 0.6) is 0 Å². The molecule has 0 saturated heterocycles. The first-order chi connectivity index (χ1) is 8.29. The number of nitrogens with zero attached hydrogens (tertiary/aromatic N) is 3. The fraction of sp³-hybridized carbons (Fsp3) is 0.100. The fourth-order valence-electron chi connectivity index (χ4n) is 1.66. The summed E-state index contributed by atoms with van der Waals surface area (Å²) in [6, 6.07) is 5.33. The zero-order valence-corrected chi connectivity index (χ0v) is 9.57. The van der Waals surface area contributed by atoms with Gasteiger partial charge < -0.3 is 5.73 Å². The Hall–Kier alpha value is -1.99. The lowest BCUT2D eigenvalue weighted by Gasteiger charge is -1.98. The molecule has 0 atom stereocenters. The molecule has 0 spiro atoms. The van der Waals surface area contributed by atoms with Crippen molar-refractivity contribution in [3.05, 3.63) is 39.8 Å². The Morgan fingerprint density at radius 1 is 1.53 bits per heavy atom. The van der Waals surface area contributed by atoms with Crippen molar-refractivity contribution in [2.45, 2.75) is 6.54 Å². The molecule has 3 heterocycles. The van der Waals surface area contributed by atoms with E-state index < -0.39 is 0 Å².